The van der Waals surface area contributed by atoms with Gasteiger partial charge in [-0.2, -0.15) is 4.98 Å². The Balaban J connectivity index is 2.19. The van der Waals surface area contributed by atoms with Crippen LogP contribution in [0.25, 0.3) is 11.4 Å². The number of hydrogen-bond acceptors (Lipinski definition) is 5. The monoisotopic (exact) mass is 271 g/mol. The first-order valence-corrected chi connectivity index (χ1v) is 6.87. The molecule has 1 aromatic carbocycles. The number of nitrogens with zero attached hydrogens (tertiary/aromatic N) is 2. The molecule has 1 aromatic heterocycles. The maximum Gasteiger partial charge on any atom is 0.242 e. The van der Waals surface area contributed by atoms with Crippen molar-refractivity contribution in [1.29, 1.82) is 0 Å². The van der Waals surface area contributed by atoms with Crippen LogP contribution in [0.5, 0.6) is 0 Å². The fraction of sp³-hybridized carbons (Fsp3) is 0.200. The van der Waals surface area contributed by atoms with E-state index < -0.39 is 15.8 Å². The zero-order valence-electron chi connectivity index (χ0n) is 9.42. The maximum absolute atomic E-state index is 13.4. The van der Waals surface area contributed by atoms with Gasteiger partial charge >= 0.3 is 0 Å². The summed E-state index contributed by atoms with van der Waals surface area (Å²) in [5.41, 5.74) is 0.201. The lowest BCUT2D eigenvalue weighted by Crippen LogP contribution is -2.21. The third kappa shape index (κ3) is 3.11. The molecule has 2 aromatic rings. The van der Waals surface area contributed by atoms with Crippen LogP contribution in [0.15, 0.2) is 28.8 Å². The summed E-state index contributed by atoms with van der Waals surface area (Å²) in [6.07, 6.45) is 1.02. The molecule has 2 rings (SSSR count). The summed E-state index contributed by atoms with van der Waals surface area (Å²) in [4.78, 5) is 3.90. The van der Waals surface area contributed by atoms with Crippen molar-refractivity contribution in [2.75, 3.05) is 6.26 Å². The van der Waals surface area contributed by atoms with Crippen LogP contribution in [0.2, 0.25) is 0 Å². The van der Waals surface area contributed by atoms with E-state index in [0.717, 1.165) is 6.26 Å². The summed E-state index contributed by atoms with van der Waals surface area (Å²) >= 11 is 0. The number of halogens is 1. The Morgan fingerprint density at radius 3 is 2.78 bits per heavy atom. The predicted octanol–water partition coefficient (Wildman–Crippen LogP) is 0.925. The van der Waals surface area contributed by atoms with E-state index >= 15 is 0 Å². The van der Waals surface area contributed by atoms with Crippen molar-refractivity contribution in [3.63, 3.8) is 0 Å². The second kappa shape index (κ2) is 4.83. The lowest BCUT2D eigenvalue weighted by Gasteiger charge is -1.96. The lowest BCUT2D eigenvalue weighted by molar-refractivity contribution is 0.376. The van der Waals surface area contributed by atoms with Gasteiger partial charge in [0.1, 0.15) is 5.82 Å². The molecule has 0 atom stereocenters. The first-order valence-electron chi connectivity index (χ1n) is 4.98. The van der Waals surface area contributed by atoms with E-state index in [9.17, 15) is 12.8 Å². The van der Waals surface area contributed by atoms with Crippen LogP contribution in [0.3, 0.4) is 0 Å². The molecule has 0 radical (unpaired) electrons. The molecule has 0 aliphatic rings. The Labute approximate surface area is 103 Å². The highest BCUT2D eigenvalue weighted by molar-refractivity contribution is 7.88. The van der Waals surface area contributed by atoms with Crippen molar-refractivity contribution in [2.24, 2.45) is 0 Å². The van der Waals surface area contributed by atoms with Gasteiger partial charge in [-0.05, 0) is 12.1 Å². The minimum absolute atomic E-state index is 0.0682. The van der Waals surface area contributed by atoms with Gasteiger partial charge in [-0.1, -0.05) is 17.3 Å². The van der Waals surface area contributed by atoms with Crippen LogP contribution >= 0.6 is 0 Å². The van der Waals surface area contributed by atoms with Gasteiger partial charge in [-0.3, -0.25) is 0 Å². The average molecular weight is 271 g/mol. The summed E-state index contributed by atoms with van der Waals surface area (Å²) in [6.45, 7) is -0.125. The molecule has 1 N–H and O–H groups in total. The number of sulfonamides is 1. The molecule has 1 heterocycles. The van der Waals surface area contributed by atoms with Crippen molar-refractivity contribution < 1.29 is 17.3 Å². The van der Waals surface area contributed by atoms with Crippen molar-refractivity contribution in [3.8, 4) is 11.4 Å². The summed E-state index contributed by atoms with van der Waals surface area (Å²) in [5.74, 6) is -0.321. The van der Waals surface area contributed by atoms with Gasteiger partial charge < -0.3 is 4.52 Å². The van der Waals surface area contributed by atoms with Crippen LogP contribution in [-0.2, 0) is 16.6 Å². The van der Waals surface area contributed by atoms with Crippen molar-refractivity contribution in [2.45, 2.75) is 6.54 Å². The minimum atomic E-state index is -3.34. The molecule has 6 nitrogen and oxygen atoms in total. The van der Waals surface area contributed by atoms with Gasteiger partial charge in [0.25, 0.3) is 0 Å². The predicted molar refractivity (Wildman–Crippen MR) is 61.4 cm³/mol. The highest BCUT2D eigenvalue weighted by atomic mass is 32.2. The van der Waals surface area contributed by atoms with Crippen LogP contribution < -0.4 is 4.72 Å². The van der Waals surface area contributed by atoms with Crippen LogP contribution in [0.1, 0.15) is 5.89 Å². The number of nitrogens with one attached hydrogen (secondary N) is 1. The quantitative estimate of drug-likeness (QED) is 0.894. The molecule has 0 unspecified atom stereocenters. The SMILES string of the molecule is CS(=O)(=O)NCc1nc(-c2ccccc2F)no1. The zero-order valence-corrected chi connectivity index (χ0v) is 10.2. The average Bonchev–Trinajstić information content (AvgIpc) is 2.75. The molecule has 0 saturated heterocycles. The van der Waals surface area contributed by atoms with Crippen LogP contribution in [-0.4, -0.2) is 24.8 Å². The summed E-state index contributed by atoms with van der Waals surface area (Å²) < 4.78 is 42.2. The summed E-state index contributed by atoms with van der Waals surface area (Å²) in [5, 5.41) is 3.59. The van der Waals surface area contributed by atoms with Gasteiger partial charge in [0.15, 0.2) is 0 Å². The second-order valence-electron chi connectivity index (χ2n) is 3.58. The zero-order chi connectivity index (χ0) is 13.2. The number of benzene rings is 1. The normalized spacial score (nSPS) is 11.7. The molecule has 0 saturated carbocycles. The molecule has 18 heavy (non-hydrogen) atoms. The minimum Gasteiger partial charge on any atom is -0.338 e. The summed E-state index contributed by atoms with van der Waals surface area (Å²) in [7, 11) is -3.34. The topological polar surface area (TPSA) is 85.1 Å². The Kier molecular flexibility index (Phi) is 3.39. The molecule has 0 bridgehead atoms. The van der Waals surface area contributed by atoms with Crippen molar-refractivity contribution >= 4 is 10.0 Å². The lowest BCUT2D eigenvalue weighted by atomic mass is 10.2. The van der Waals surface area contributed by atoms with Crippen LogP contribution in [0.4, 0.5) is 4.39 Å². The Bertz CT molecular complexity index is 654. The molecule has 0 fully saturated rings. The molecular formula is C10H10FN3O3S. The molecule has 96 valence electrons. The van der Waals surface area contributed by atoms with Crippen LogP contribution in [0, 0.1) is 5.82 Å². The molecule has 0 spiro atoms. The standard InChI is InChI=1S/C10H10FN3O3S/c1-18(15,16)12-6-9-13-10(14-17-9)7-4-2-3-5-8(7)11/h2-5,12H,6H2,1H3. The van der Waals surface area contributed by atoms with E-state index in [-0.39, 0.29) is 23.8 Å². The first-order chi connectivity index (χ1) is 8.46. The number of aromatic nitrogens is 2. The van der Waals surface area contributed by atoms with E-state index in [1.165, 1.54) is 12.1 Å². The number of hydrogen-bond donors (Lipinski definition) is 1. The third-order valence-electron chi connectivity index (χ3n) is 2.07. The Hall–Kier alpha value is -1.80. The molecule has 0 aliphatic heterocycles. The Morgan fingerprint density at radius 2 is 2.11 bits per heavy atom. The molecule has 0 amide bonds. The van der Waals surface area contributed by atoms with E-state index in [4.69, 9.17) is 4.52 Å². The highest BCUT2D eigenvalue weighted by Gasteiger charge is 2.13. The highest BCUT2D eigenvalue weighted by Crippen LogP contribution is 2.18. The van der Waals surface area contributed by atoms with Gasteiger partial charge in [0.2, 0.25) is 21.7 Å². The fourth-order valence-corrected chi connectivity index (χ4v) is 1.66. The number of rotatable bonds is 4. The molecular weight excluding hydrogens is 261 g/mol. The summed E-state index contributed by atoms with van der Waals surface area (Å²) in [6, 6.07) is 5.97. The molecule has 8 heteroatoms. The van der Waals surface area contributed by atoms with E-state index in [0.29, 0.717) is 0 Å². The molecule has 0 aliphatic carbocycles. The van der Waals surface area contributed by atoms with Crippen molar-refractivity contribution in [3.05, 3.63) is 36.0 Å². The van der Waals surface area contributed by atoms with Gasteiger partial charge in [0.05, 0.1) is 18.4 Å². The van der Waals surface area contributed by atoms with E-state index in [1.54, 1.807) is 12.1 Å². The largest absolute Gasteiger partial charge is 0.338 e. The first kappa shape index (κ1) is 12.7. The van der Waals surface area contributed by atoms with Gasteiger partial charge in [-0.15, -0.1) is 0 Å². The van der Waals surface area contributed by atoms with Crippen molar-refractivity contribution in [1.82, 2.24) is 14.9 Å². The maximum atomic E-state index is 13.4. The van der Waals surface area contributed by atoms with Gasteiger partial charge in [0, 0.05) is 0 Å². The fourth-order valence-electron chi connectivity index (χ4n) is 1.27. The van der Waals surface area contributed by atoms with Gasteiger partial charge in [-0.25, -0.2) is 17.5 Å². The van der Waals surface area contributed by atoms with E-state index in [2.05, 4.69) is 14.9 Å². The van der Waals surface area contributed by atoms with E-state index in [1.807, 2.05) is 0 Å². The Morgan fingerprint density at radius 1 is 1.39 bits per heavy atom. The smallest absolute Gasteiger partial charge is 0.242 e. The second-order valence-corrected chi connectivity index (χ2v) is 5.42. The third-order valence-corrected chi connectivity index (χ3v) is 2.74.